The van der Waals surface area contributed by atoms with Crippen molar-refractivity contribution in [2.45, 2.75) is 12.8 Å². The van der Waals surface area contributed by atoms with E-state index in [0.29, 0.717) is 6.08 Å². The van der Waals surface area contributed by atoms with Crippen molar-refractivity contribution in [3.05, 3.63) is 76.9 Å². The Bertz CT molecular complexity index is 778. The van der Waals surface area contributed by atoms with Gasteiger partial charge in [-0.25, -0.2) is 22.4 Å². The molecule has 138 valence electrons. The van der Waals surface area contributed by atoms with Gasteiger partial charge in [0, 0.05) is 23.6 Å². The Hall–Kier alpha value is -3.16. The zero-order valence-corrected chi connectivity index (χ0v) is 13.3. The first-order valence-electron chi connectivity index (χ1n) is 7.22. The molecule has 0 aliphatic carbocycles. The predicted molar refractivity (Wildman–Crippen MR) is 85.3 cm³/mol. The molecule has 0 radical (unpaired) electrons. The quantitative estimate of drug-likeness (QED) is 0.615. The highest BCUT2D eigenvalue weighted by Gasteiger charge is 2.09. The highest BCUT2D eigenvalue weighted by Crippen LogP contribution is 2.14. The first-order chi connectivity index (χ1) is 12.2. The third kappa shape index (κ3) is 6.76. The van der Waals surface area contributed by atoms with Crippen LogP contribution >= 0.6 is 0 Å². The number of hydrogen-bond donors (Lipinski definition) is 2. The van der Waals surface area contributed by atoms with Crippen LogP contribution in [-0.2, 0) is 16.0 Å². The Labute approximate surface area is 146 Å². The van der Waals surface area contributed by atoms with E-state index in [-0.39, 0.29) is 24.0 Å². The van der Waals surface area contributed by atoms with E-state index in [0.717, 1.165) is 30.3 Å². The molecule has 2 rings (SSSR count). The van der Waals surface area contributed by atoms with Crippen LogP contribution in [0.2, 0.25) is 0 Å². The molecule has 0 unspecified atom stereocenters. The summed E-state index contributed by atoms with van der Waals surface area (Å²) in [7, 11) is 0. The van der Waals surface area contributed by atoms with Crippen LogP contribution in [0.15, 0.2) is 42.5 Å². The monoisotopic (exact) mass is 370 g/mol. The normalized spacial score (nSPS) is 10.3. The van der Waals surface area contributed by atoms with Crippen LogP contribution < -0.4 is 0 Å². The summed E-state index contributed by atoms with van der Waals surface area (Å²) in [5, 5.41) is 16.5. The number of benzene rings is 2. The highest BCUT2D eigenvalue weighted by molar-refractivity contribution is 5.85. The lowest BCUT2D eigenvalue weighted by Gasteiger charge is -2.01. The van der Waals surface area contributed by atoms with Gasteiger partial charge >= 0.3 is 11.9 Å². The molecule has 2 N–H and O–H groups in total. The van der Waals surface area contributed by atoms with Crippen molar-refractivity contribution >= 4 is 18.0 Å². The smallest absolute Gasteiger partial charge is 0.328 e. The summed E-state index contributed by atoms with van der Waals surface area (Å²) < 4.78 is 51.4. The Balaban J connectivity index is 0.000000260. The van der Waals surface area contributed by atoms with Crippen LogP contribution in [0.3, 0.4) is 0 Å². The fourth-order valence-corrected chi connectivity index (χ4v) is 1.83. The third-order valence-electron chi connectivity index (χ3n) is 3.04. The molecule has 2 aromatic carbocycles. The van der Waals surface area contributed by atoms with Gasteiger partial charge in [-0.2, -0.15) is 0 Å². The number of carbonyl (C=O) groups is 2. The second-order valence-corrected chi connectivity index (χ2v) is 4.90. The van der Waals surface area contributed by atoms with Crippen molar-refractivity contribution in [2.75, 3.05) is 0 Å². The third-order valence-corrected chi connectivity index (χ3v) is 3.04. The van der Waals surface area contributed by atoms with Gasteiger partial charge in [-0.3, -0.25) is 4.79 Å². The number of carboxylic acids is 2. The molecule has 0 saturated heterocycles. The van der Waals surface area contributed by atoms with Crippen molar-refractivity contribution in [2.24, 2.45) is 0 Å². The second kappa shape index (κ2) is 9.97. The molecule has 0 aliphatic rings. The van der Waals surface area contributed by atoms with Gasteiger partial charge in [0.05, 0.1) is 0 Å². The first-order valence-corrected chi connectivity index (χ1v) is 7.22. The first kappa shape index (κ1) is 20.9. The summed E-state index contributed by atoms with van der Waals surface area (Å²) in [6, 6.07) is 6.80. The molecule has 0 spiro atoms. The molecule has 8 heteroatoms. The van der Waals surface area contributed by atoms with Crippen LogP contribution in [0.5, 0.6) is 0 Å². The average Bonchev–Trinajstić information content (AvgIpc) is 2.54. The van der Waals surface area contributed by atoms with E-state index in [1.807, 2.05) is 0 Å². The van der Waals surface area contributed by atoms with Crippen LogP contribution in [0.25, 0.3) is 6.08 Å². The molecular formula is C18H14F4O4. The van der Waals surface area contributed by atoms with Gasteiger partial charge in [0.25, 0.3) is 0 Å². The molecule has 0 saturated carbocycles. The predicted octanol–water partition coefficient (Wildman–Crippen LogP) is 4.04. The van der Waals surface area contributed by atoms with E-state index < -0.39 is 35.2 Å². The Morgan fingerprint density at radius 2 is 1.31 bits per heavy atom. The van der Waals surface area contributed by atoms with Gasteiger partial charge < -0.3 is 10.2 Å². The van der Waals surface area contributed by atoms with Crippen LogP contribution in [-0.4, -0.2) is 22.2 Å². The zero-order valence-electron chi connectivity index (χ0n) is 13.3. The molecule has 0 aromatic heterocycles. The molecule has 0 bridgehead atoms. The molecule has 4 nitrogen and oxygen atoms in total. The molecule has 0 amide bonds. The minimum Gasteiger partial charge on any atom is -0.481 e. The highest BCUT2D eigenvalue weighted by atomic mass is 19.1. The lowest BCUT2D eigenvalue weighted by Crippen LogP contribution is -2.01. The van der Waals surface area contributed by atoms with E-state index in [2.05, 4.69) is 0 Å². The van der Waals surface area contributed by atoms with Crippen molar-refractivity contribution in [1.82, 2.24) is 0 Å². The number of hydrogen-bond acceptors (Lipinski definition) is 2. The van der Waals surface area contributed by atoms with Crippen molar-refractivity contribution in [1.29, 1.82) is 0 Å². The minimum absolute atomic E-state index is 0.117. The number of halogens is 4. The van der Waals surface area contributed by atoms with Crippen LogP contribution in [0, 0.1) is 23.3 Å². The summed E-state index contributed by atoms with van der Waals surface area (Å²) in [6.07, 6.45) is 1.18. The van der Waals surface area contributed by atoms with E-state index in [4.69, 9.17) is 10.2 Å². The SMILES string of the molecule is O=C(O)C=Cc1c(F)cccc1F.O=C(O)CCc1c(F)cccc1F. The number of carboxylic acid groups (broad SMARTS) is 2. The van der Waals surface area contributed by atoms with E-state index in [1.165, 1.54) is 12.1 Å². The fraction of sp³-hybridized carbons (Fsp3) is 0.111. The lowest BCUT2D eigenvalue weighted by atomic mass is 10.1. The fourth-order valence-electron chi connectivity index (χ4n) is 1.83. The maximum absolute atomic E-state index is 12.9. The van der Waals surface area contributed by atoms with E-state index in [9.17, 15) is 27.2 Å². The molecule has 2 aromatic rings. The van der Waals surface area contributed by atoms with Crippen LogP contribution in [0.1, 0.15) is 17.5 Å². The van der Waals surface area contributed by atoms with Gasteiger partial charge in [-0.05, 0) is 36.8 Å². The number of aliphatic carboxylic acids is 2. The largest absolute Gasteiger partial charge is 0.481 e. The molecule has 0 atom stereocenters. The van der Waals surface area contributed by atoms with E-state index >= 15 is 0 Å². The Kier molecular flexibility index (Phi) is 8.01. The van der Waals surface area contributed by atoms with Gasteiger partial charge in [-0.1, -0.05) is 12.1 Å². The Morgan fingerprint density at radius 3 is 1.73 bits per heavy atom. The van der Waals surface area contributed by atoms with Crippen molar-refractivity contribution in [3.8, 4) is 0 Å². The van der Waals surface area contributed by atoms with Gasteiger partial charge in [-0.15, -0.1) is 0 Å². The maximum atomic E-state index is 12.9. The summed E-state index contributed by atoms with van der Waals surface area (Å²) in [6.45, 7) is 0. The molecular weight excluding hydrogens is 356 g/mol. The average molecular weight is 370 g/mol. The maximum Gasteiger partial charge on any atom is 0.328 e. The summed E-state index contributed by atoms with van der Waals surface area (Å²) in [5.74, 6) is -5.26. The second-order valence-electron chi connectivity index (χ2n) is 4.90. The topological polar surface area (TPSA) is 74.6 Å². The summed E-state index contributed by atoms with van der Waals surface area (Å²) in [5.41, 5.74) is -0.505. The van der Waals surface area contributed by atoms with Crippen molar-refractivity contribution in [3.63, 3.8) is 0 Å². The van der Waals surface area contributed by atoms with Gasteiger partial charge in [0.2, 0.25) is 0 Å². The number of rotatable bonds is 5. The zero-order chi connectivity index (χ0) is 19.7. The molecule has 0 aliphatic heterocycles. The Morgan fingerprint density at radius 1 is 0.846 bits per heavy atom. The minimum atomic E-state index is -1.25. The molecule has 0 heterocycles. The lowest BCUT2D eigenvalue weighted by molar-refractivity contribution is -0.137. The molecule has 26 heavy (non-hydrogen) atoms. The van der Waals surface area contributed by atoms with E-state index in [1.54, 1.807) is 0 Å². The van der Waals surface area contributed by atoms with Gasteiger partial charge in [0.1, 0.15) is 23.3 Å². The van der Waals surface area contributed by atoms with Gasteiger partial charge in [0.15, 0.2) is 0 Å². The standard InChI is InChI=1S/C9H8F2O2.C9H6F2O2/c2*10-7-2-1-3-8(11)6(7)4-5-9(12)13/h1-3H,4-5H2,(H,12,13);1-5H,(H,12,13). The summed E-state index contributed by atoms with van der Waals surface area (Å²) in [4.78, 5) is 20.2. The van der Waals surface area contributed by atoms with Crippen molar-refractivity contribution < 1.29 is 37.4 Å². The molecule has 0 fully saturated rings. The van der Waals surface area contributed by atoms with Crippen LogP contribution in [0.4, 0.5) is 17.6 Å². The summed E-state index contributed by atoms with van der Waals surface area (Å²) >= 11 is 0.